The molecule has 2 aromatic carbocycles. The van der Waals surface area contributed by atoms with Gasteiger partial charge in [-0.2, -0.15) is 5.10 Å². The smallest absolute Gasteiger partial charge is 0.274 e. The number of fused-ring (bicyclic) bond motifs is 1. The van der Waals surface area contributed by atoms with Gasteiger partial charge in [-0.3, -0.25) is 9.69 Å². The first-order valence-corrected chi connectivity index (χ1v) is 12.2. The maximum absolute atomic E-state index is 13.2. The van der Waals surface area contributed by atoms with Crippen LogP contribution in [-0.4, -0.2) is 64.7 Å². The number of rotatable bonds is 7. The minimum Gasteiger partial charge on any atom is -0.367 e. The normalized spacial score (nSPS) is 13.6. The first-order chi connectivity index (χ1) is 17.1. The third-order valence-electron chi connectivity index (χ3n) is 6.28. The zero-order valence-electron chi connectivity index (χ0n) is 20.2. The Balaban J connectivity index is 0.00000190. The number of hydrogen-bond acceptors (Lipinski definition) is 6. The van der Waals surface area contributed by atoms with E-state index in [1.807, 2.05) is 42.5 Å². The highest BCUT2D eigenvalue weighted by molar-refractivity contribution is 6.30. The third-order valence-corrected chi connectivity index (χ3v) is 6.52. The predicted octanol–water partition coefficient (Wildman–Crippen LogP) is 4.62. The number of anilines is 2. The van der Waals surface area contributed by atoms with E-state index >= 15 is 0 Å². The number of nitrogens with one attached hydrogen (secondary N) is 1. The van der Waals surface area contributed by atoms with Crippen LogP contribution in [0.1, 0.15) is 16.9 Å². The number of amides is 1. The maximum atomic E-state index is 13.2. The van der Waals surface area contributed by atoms with Crippen LogP contribution in [0.15, 0.2) is 67.0 Å². The quantitative estimate of drug-likeness (QED) is 0.342. The van der Waals surface area contributed by atoms with E-state index in [4.69, 9.17) is 17.3 Å². The van der Waals surface area contributed by atoms with Crippen molar-refractivity contribution in [2.75, 3.05) is 49.5 Å². The molecule has 3 N–H and O–H groups in total. The van der Waals surface area contributed by atoms with Crippen LogP contribution in [-0.2, 0) is 0 Å². The molecule has 3 heterocycles. The number of halogens is 3. The summed E-state index contributed by atoms with van der Waals surface area (Å²) in [6.45, 7) is 5.51. The topological polar surface area (TPSA) is 91.8 Å². The Morgan fingerprint density at radius 3 is 2.57 bits per heavy atom. The molecule has 1 aliphatic heterocycles. The van der Waals surface area contributed by atoms with E-state index in [0.29, 0.717) is 16.4 Å². The van der Waals surface area contributed by atoms with Crippen molar-refractivity contribution in [3.05, 3.63) is 77.7 Å². The van der Waals surface area contributed by atoms with E-state index < -0.39 is 0 Å². The highest BCUT2D eigenvalue weighted by Crippen LogP contribution is 2.28. The van der Waals surface area contributed by atoms with Crippen LogP contribution in [0.5, 0.6) is 0 Å². The van der Waals surface area contributed by atoms with Gasteiger partial charge in [-0.15, -0.1) is 24.8 Å². The lowest BCUT2D eigenvalue weighted by atomic mass is 10.1. The van der Waals surface area contributed by atoms with Gasteiger partial charge >= 0.3 is 0 Å². The van der Waals surface area contributed by atoms with E-state index in [1.165, 1.54) is 0 Å². The second-order valence-electron chi connectivity index (χ2n) is 8.59. The molecule has 0 saturated carbocycles. The summed E-state index contributed by atoms with van der Waals surface area (Å²) < 4.78 is 1.66. The molecule has 0 aliphatic carbocycles. The second kappa shape index (κ2) is 13.1. The Kier molecular flexibility index (Phi) is 10.1. The number of nitrogens with two attached hydrogens (primary N) is 1. The number of aromatic nitrogens is 3. The molecule has 196 valence electrons. The molecule has 0 unspecified atom stereocenters. The van der Waals surface area contributed by atoms with Crippen molar-refractivity contribution in [1.82, 2.24) is 19.5 Å². The fourth-order valence-corrected chi connectivity index (χ4v) is 4.61. The standard InChI is InChI=1S/C26H28ClN7O.2ClH/c27-20-6-3-5-19(17-20)21-18-29-34-12-9-23(30-25(21)34)26(35)31-22-7-1-2-8-24(22)33-15-13-32(14-16-33)11-4-10-28;;/h1-3,5-9,12,17-18H,4,10-11,13-16,28H2,(H,31,35);2*1H. The van der Waals surface area contributed by atoms with Crippen LogP contribution in [0.4, 0.5) is 11.4 Å². The molecule has 5 rings (SSSR count). The fraction of sp³-hybridized carbons (Fsp3) is 0.269. The molecule has 1 aliphatic rings. The first-order valence-electron chi connectivity index (χ1n) is 11.8. The Hall–Kier alpha value is -2.88. The number of piperazine rings is 1. The van der Waals surface area contributed by atoms with E-state index in [2.05, 4.69) is 31.3 Å². The van der Waals surface area contributed by atoms with E-state index in [-0.39, 0.29) is 30.7 Å². The Bertz CT molecular complexity index is 1340. The molecule has 0 atom stereocenters. The molecule has 1 fully saturated rings. The van der Waals surface area contributed by atoms with Crippen LogP contribution in [0.25, 0.3) is 16.8 Å². The van der Waals surface area contributed by atoms with Crippen molar-refractivity contribution in [3.63, 3.8) is 0 Å². The Morgan fingerprint density at radius 2 is 1.81 bits per heavy atom. The summed E-state index contributed by atoms with van der Waals surface area (Å²) in [5, 5.41) is 8.07. The van der Waals surface area contributed by atoms with Crippen molar-refractivity contribution in [2.45, 2.75) is 6.42 Å². The molecular weight excluding hydrogens is 533 g/mol. The van der Waals surface area contributed by atoms with E-state index in [1.54, 1.807) is 23.0 Å². The van der Waals surface area contributed by atoms with Crippen LogP contribution in [0.2, 0.25) is 5.02 Å². The van der Waals surface area contributed by atoms with Gasteiger partial charge in [0.25, 0.3) is 5.91 Å². The van der Waals surface area contributed by atoms with Crippen molar-refractivity contribution >= 4 is 59.3 Å². The largest absolute Gasteiger partial charge is 0.367 e. The lowest BCUT2D eigenvalue weighted by Crippen LogP contribution is -2.47. The van der Waals surface area contributed by atoms with Crippen LogP contribution >= 0.6 is 36.4 Å². The summed E-state index contributed by atoms with van der Waals surface area (Å²) in [5.41, 5.74) is 10.1. The number of benzene rings is 2. The summed E-state index contributed by atoms with van der Waals surface area (Å²) in [5.74, 6) is -0.264. The van der Waals surface area contributed by atoms with Crippen molar-refractivity contribution in [1.29, 1.82) is 0 Å². The molecule has 0 bridgehead atoms. The number of carbonyl (C=O) groups excluding carboxylic acids is 1. The first kappa shape index (κ1) is 28.7. The summed E-state index contributed by atoms with van der Waals surface area (Å²) in [6.07, 6.45) is 4.50. The third kappa shape index (κ3) is 6.52. The minimum absolute atomic E-state index is 0. The summed E-state index contributed by atoms with van der Waals surface area (Å²) in [6, 6.07) is 17.1. The van der Waals surface area contributed by atoms with E-state index in [9.17, 15) is 4.79 Å². The number of nitrogens with zero attached hydrogens (tertiary/aromatic N) is 5. The predicted molar refractivity (Wildman–Crippen MR) is 155 cm³/mol. The van der Waals surface area contributed by atoms with Gasteiger partial charge in [0.05, 0.1) is 17.6 Å². The summed E-state index contributed by atoms with van der Waals surface area (Å²) >= 11 is 6.17. The van der Waals surface area contributed by atoms with Gasteiger partial charge in [0, 0.05) is 43.0 Å². The molecule has 0 radical (unpaired) electrons. The molecule has 2 aromatic heterocycles. The summed E-state index contributed by atoms with van der Waals surface area (Å²) in [7, 11) is 0. The Morgan fingerprint density at radius 1 is 1.03 bits per heavy atom. The van der Waals surface area contributed by atoms with Gasteiger partial charge in [0.15, 0.2) is 5.65 Å². The van der Waals surface area contributed by atoms with Crippen LogP contribution in [0, 0.1) is 0 Å². The van der Waals surface area contributed by atoms with Crippen molar-refractivity contribution in [2.24, 2.45) is 5.73 Å². The van der Waals surface area contributed by atoms with Crippen molar-refractivity contribution < 1.29 is 4.79 Å². The number of hydrogen-bond donors (Lipinski definition) is 2. The SMILES string of the molecule is Cl.Cl.NCCCN1CCN(c2ccccc2NC(=O)c2ccn3ncc(-c4cccc(Cl)c4)c3n2)CC1. The molecule has 4 aromatic rings. The van der Waals surface area contributed by atoms with Gasteiger partial charge < -0.3 is 16.0 Å². The van der Waals surface area contributed by atoms with Gasteiger partial charge in [-0.25, -0.2) is 9.50 Å². The molecule has 0 spiro atoms. The molecule has 1 amide bonds. The average molecular weight is 563 g/mol. The number of carbonyl (C=O) groups is 1. The average Bonchev–Trinajstić information content (AvgIpc) is 3.31. The van der Waals surface area contributed by atoms with Crippen LogP contribution in [0.3, 0.4) is 0 Å². The maximum Gasteiger partial charge on any atom is 0.274 e. The highest BCUT2D eigenvalue weighted by Gasteiger charge is 2.20. The van der Waals surface area contributed by atoms with Gasteiger partial charge in [-0.05, 0) is 55.4 Å². The van der Waals surface area contributed by atoms with Crippen LogP contribution < -0.4 is 16.0 Å². The minimum atomic E-state index is -0.264. The monoisotopic (exact) mass is 561 g/mol. The zero-order valence-corrected chi connectivity index (χ0v) is 22.6. The fourth-order valence-electron chi connectivity index (χ4n) is 4.42. The number of para-hydroxylation sites is 2. The molecule has 11 heteroatoms. The van der Waals surface area contributed by atoms with Crippen molar-refractivity contribution in [3.8, 4) is 11.1 Å². The molecule has 8 nitrogen and oxygen atoms in total. The highest BCUT2D eigenvalue weighted by atomic mass is 35.5. The van der Waals surface area contributed by atoms with Gasteiger partial charge in [-0.1, -0.05) is 35.9 Å². The van der Waals surface area contributed by atoms with E-state index in [0.717, 1.165) is 68.2 Å². The van der Waals surface area contributed by atoms with Gasteiger partial charge in [0.2, 0.25) is 0 Å². The lowest BCUT2D eigenvalue weighted by Gasteiger charge is -2.36. The second-order valence-corrected chi connectivity index (χ2v) is 9.03. The molecule has 37 heavy (non-hydrogen) atoms. The zero-order chi connectivity index (χ0) is 24.2. The summed E-state index contributed by atoms with van der Waals surface area (Å²) in [4.78, 5) is 22.6. The molecule has 1 saturated heterocycles. The Labute approximate surface area is 233 Å². The van der Waals surface area contributed by atoms with Gasteiger partial charge in [0.1, 0.15) is 5.69 Å². The molecular formula is C26H30Cl3N7O. The lowest BCUT2D eigenvalue weighted by molar-refractivity contribution is 0.102.